The lowest BCUT2D eigenvalue weighted by atomic mass is 9.90. The Hall–Kier alpha value is -2.94. The molecule has 3 rings (SSSR count). The Morgan fingerprint density at radius 3 is 2.20 bits per heavy atom. The second kappa shape index (κ2) is 5.55. The second-order valence-electron chi connectivity index (χ2n) is 6.45. The fourth-order valence-corrected chi connectivity index (χ4v) is 3.94. The molecule has 9 heteroatoms. The van der Waals surface area contributed by atoms with Crippen LogP contribution in [0.15, 0.2) is 24.3 Å². The van der Waals surface area contributed by atoms with Gasteiger partial charge in [-0.05, 0) is 24.5 Å². The Bertz CT molecular complexity index is 792. The maximum Gasteiger partial charge on any atom is 0.336 e. The molecule has 5 atom stereocenters. The van der Waals surface area contributed by atoms with Crippen LogP contribution in [0.3, 0.4) is 0 Å². The Morgan fingerprint density at radius 2 is 1.68 bits per heavy atom. The minimum Gasteiger partial charge on any atom is -0.481 e. The summed E-state index contributed by atoms with van der Waals surface area (Å²) >= 11 is 0. The van der Waals surface area contributed by atoms with Gasteiger partial charge in [-0.3, -0.25) is 14.4 Å². The van der Waals surface area contributed by atoms with Crippen LogP contribution < -0.4 is 11.1 Å². The first kappa shape index (κ1) is 16.9. The molecule has 0 aliphatic heterocycles. The van der Waals surface area contributed by atoms with Crippen LogP contribution in [0, 0.1) is 17.8 Å². The van der Waals surface area contributed by atoms with Gasteiger partial charge in [0.15, 0.2) is 0 Å². The number of hydrogen-bond acceptors (Lipinski definition) is 5. The summed E-state index contributed by atoms with van der Waals surface area (Å²) in [5.41, 5.74) is 3.89. The van der Waals surface area contributed by atoms with Crippen LogP contribution >= 0.6 is 0 Å². The van der Waals surface area contributed by atoms with Crippen LogP contribution in [0.25, 0.3) is 0 Å². The third-order valence-electron chi connectivity index (χ3n) is 5.09. The van der Waals surface area contributed by atoms with E-state index < -0.39 is 53.1 Å². The topological polar surface area (TPSA) is 167 Å². The zero-order valence-electron chi connectivity index (χ0n) is 12.9. The highest BCUT2D eigenvalue weighted by Crippen LogP contribution is 2.61. The number of aromatic carboxylic acids is 1. The minimum atomic E-state index is -1.72. The molecule has 1 aromatic rings. The standard InChI is InChI=1S/C16H16N2O7/c17-16(15(24)25)5-8(9-10(11(9)16)14(22)23)18-12(19)6-3-1-2-4-7(6)13(20)21/h1-4,8-11H,5,17H2,(H,18,19)(H,20,21)(H,22,23)(H,24,25)/t8-,9-,10-,11-,16-/m0/s1. The van der Waals surface area contributed by atoms with Crippen molar-refractivity contribution in [3.05, 3.63) is 35.4 Å². The number of carboxylic acid groups (broad SMARTS) is 3. The van der Waals surface area contributed by atoms with Crippen molar-refractivity contribution in [1.29, 1.82) is 0 Å². The quantitative estimate of drug-likeness (QED) is 0.480. The number of carboxylic acids is 3. The SMILES string of the molecule is N[C@@]1(C(=O)O)C[C@H](NC(=O)c2ccccc2C(=O)O)[C@H]2[C@H](C(=O)O)[C@H]21. The van der Waals surface area contributed by atoms with Gasteiger partial charge in [0, 0.05) is 12.0 Å². The fraction of sp³-hybridized carbons (Fsp3) is 0.375. The lowest BCUT2D eigenvalue weighted by Crippen LogP contribution is -2.52. The predicted molar refractivity (Wildman–Crippen MR) is 81.9 cm³/mol. The van der Waals surface area contributed by atoms with E-state index in [9.17, 15) is 29.4 Å². The van der Waals surface area contributed by atoms with Crippen molar-refractivity contribution in [2.45, 2.75) is 18.0 Å². The molecule has 2 aliphatic rings. The molecule has 25 heavy (non-hydrogen) atoms. The summed E-state index contributed by atoms with van der Waals surface area (Å²) < 4.78 is 0. The van der Waals surface area contributed by atoms with Gasteiger partial charge in [0.05, 0.1) is 17.0 Å². The summed E-state index contributed by atoms with van der Waals surface area (Å²) in [5, 5.41) is 30.3. The lowest BCUT2D eigenvalue weighted by molar-refractivity contribution is -0.145. The Morgan fingerprint density at radius 1 is 1.08 bits per heavy atom. The molecule has 9 nitrogen and oxygen atoms in total. The summed E-state index contributed by atoms with van der Waals surface area (Å²) in [4.78, 5) is 46.4. The van der Waals surface area contributed by atoms with Crippen molar-refractivity contribution in [2.75, 3.05) is 0 Å². The number of carbonyl (C=O) groups is 4. The van der Waals surface area contributed by atoms with E-state index in [-0.39, 0.29) is 17.5 Å². The second-order valence-corrected chi connectivity index (χ2v) is 6.45. The number of benzene rings is 1. The summed E-state index contributed by atoms with van der Waals surface area (Å²) in [6.45, 7) is 0. The van der Waals surface area contributed by atoms with E-state index >= 15 is 0 Å². The highest BCUT2D eigenvalue weighted by molar-refractivity contribution is 6.05. The molecule has 0 aromatic heterocycles. The minimum absolute atomic E-state index is 0.0797. The largest absolute Gasteiger partial charge is 0.481 e. The molecule has 0 radical (unpaired) electrons. The number of rotatable bonds is 5. The maximum absolute atomic E-state index is 12.4. The normalized spacial score (nSPS) is 32.5. The zero-order chi connectivity index (χ0) is 18.5. The van der Waals surface area contributed by atoms with Crippen LogP contribution in [-0.2, 0) is 9.59 Å². The molecular formula is C16H16N2O7. The highest BCUT2D eigenvalue weighted by Gasteiger charge is 2.74. The van der Waals surface area contributed by atoms with Crippen molar-refractivity contribution < 1.29 is 34.5 Å². The zero-order valence-corrected chi connectivity index (χ0v) is 12.9. The van der Waals surface area contributed by atoms with Gasteiger partial charge >= 0.3 is 17.9 Å². The van der Waals surface area contributed by atoms with Gasteiger partial charge in [-0.25, -0.2) is 4.79 Å². The Balaban J connectivity index is 1.84. The van der Waals surface area contributed by atoms with E-state index in [4.69, 9.17) is 10.8 Å². The number of fused-ring (bicyclic) bond motifs is 1. The van der Waals surface area contributed by atoms with Crippen molar-refractivity contribution in [1.82, 2.24) is 5.32 Å². The number of aliphatic carboxylic acids is 2. The van der Waals surface area contributed by atoms with E-state index in [1.54, 1.807) is 0 Å². The van der Waals surface area contributed by atoms with Gasteiger partial charge in [-0.2, -0.15) is 0 Å². The molecule has 0 unspecified atom stereocenters. The molecule has 1 amide bonds. The number of nitrogens with one attached hydrogen (secondary N) is 1. The van der Waals surface area contributed by atoms with Gasteiger partial charge in [0.2, 0.25) is 0 Å². The molecule has 0 saturated heterocycles. The number of carbonyl (C=O) groups excluding carboxylic acids is 1. The molecular weight excluding hydrogens is 332 g/mol. The molecule has 0 heterocycles. The average Bonchev–Trinajstić information content (AvgIpc) is 3.23. The third-order valence-corrected chi connectivity index (χ3v) is 5.09. The summed E-state index contributed by atoms with van der Waals surface area (Å²) in [5.74, 6) is -6.72. The first-order chi connectivity index (χ1) is 11.7. The van der Waals surface area contributed by atoms with Gasteiger partial charge in [-0.1, -0.05) is 12.1 Å². The van der Waals surface area contributed by atoms with Crippen molar-refractivity contribution in [3.8, 4) is 0 Å². The molecule has 0 spiro atoms. The molecule has 2 saturated carbocycles. The summed E-state index contributed by atoms with van der Waals surface area (Å²) in [6, 6.07) is 4.83. The van der Waals surface area contributed by atoms with E-state index in [2.05, 4.69) is 5.32 Å². The molecule has 2 fully saturated rings. The van der Waals surface area contributed by atoms with Gasteiger partial charge in [-0.15, -0.1) is 0 Å². The van der Waals surface area contributed by atoms with Gasteiger partial charge in [0.1, 0.15) is 5.54 Å². The molecule has 132 valence electrons. The van der Waals surface area contributed by atoms with Crippen LogP contribution in [0.1, 0.15) is 27.1 Å². The Labute approximate surface area is 141 Å². The van der Waals surface area contributed by atoms with Crippen LogP contribution in [0.4, 0.5) is 0 Å². The van der Waals surface area contributed by atoms with Gasteiger partial charge in [0.25, 0.3) is 5.91 Å². The molecule has 1 aromatic carbocycles. The summed E-state index contributed by atoms with van der Waals surface area (Å²) in [6.07, 6.45) is -0.109. The average molecular weight is 348 g/mol. The highest BCUT2D eigenvalue weighted by atomic mass is 16.4. The van der Waals surface area contributed by atoms with Crippen molar-refractivity contribution in [3.63, 3.8) is 0 Å². The molecule has 6 N–H and O–H groups in total. The van der Waals surface area contributed by atoms with E-state index in [1.807, 2.05) is 0 Å². The molecule has 0 bridgehead atoms. The lowest BCUT2D eigenvalue weighted by Gasteiger charge is -2.25. The van der Waals surface area contributed by atoms with Crippen LogP contribution in [-0.4, -0.2) is 50.7 Å². The van der Waals surface area contributed by atoms with E-state index in [0.29, 0.717) is 0 Å². The fourth-order valence-electron chi connectivity index (χ4n) is 3.94. The first-order valence-corrected chi connectivity index (χ1v) is 7.56. The maximum atomic E-state index is 12.4. The number of nitrogens with two attached hydrogens (primary N) is 1. The summed E-state index contributed by atoms with van der Waals surface area (Å²) in [7, 11) is 0. The number of hydrogen-bond donors (Lipinski definition) is 5. The third kappa shape index (κ3) is 2.52. The number of amides is 1. The monoisotopic (exact) mass is 348 g/mol. The van der Waals surface area contributed by atoms with Crippen LogP contribution in [0.2, 0.25) is 0 Å². The Kier molecular flexibility index (Phi) is 3.76. The van der Waals surface area contributed by atoms with Gasteiger partial charge < -0.3 is 26.4 Å². The first-order valence-electron chi connectivity index (χ1n) is 7.56. The molecule has 2 aliphatic carbocycles. The van der Waals surface area contributed by atoms with E-state index in [1.165, 1.54) is 24.3 Å². The van der Waals surface area contributed by atoms with E-state index in [0.717, 1.165) is 0 Å². The predicted octanol–water partition coefficient (Wildman–Crippen LogP) is -0.384. The van der Waals surface area contributed by atoms with Crippen LogP contribution in [0.5, 0.6) is 0 Å². The van der Waals surface area contributed by atoms with Crippen molar-refractivity contribution >= 4 is 23.8 Å². The van der Waals surface area contributed by atoms with Crippen molar-refractivity contribution in [2.24, 2.45) is 23.5 Å². The smallest absolute Gasteiger partial charge is 0.336 e.